The highest BCUT2D eigenvalue weighted by molar-refractivity contribution is 5.94. The number of carboxylic acid groups (broad SMARTS) is 1. The topological polar surface area (TPSA) is 86.7 Å². The molecule has 2 amide bonds. The molecule has 6 nitrogen and oxygen atoms in total. The summed E-state index contributed by atoms with van der Waals surface area (Å²) in [7, 11) is 0. The van der Waals surface area contributed by atoms with Gasteiger partial charge in [-0.05, 0) is 59.2 Å². The molecule has 2 N–H and O–H groups in total. The molecule has 0 aromatic heterocycles. The van der Waals surface area contributed by atoms with Gasteiger partial charge in [-0.25, -0.2) is 0 Å². The van der Waals surface area contributed by atoms with Crippen LogP contribution in [-0.4, -0.2) is 40.9 Å². The fraction of sp³-hybridized carbons (Fsp3) is 0.320. The zero-order valence-corrected chi connectivity index (χ0v) is 18.1. The minimum Gasteiger partial charge on any atom is -0.481 e. The number of amides is 2. The Hall–Kier alpha value is -3.62. The van der Waals surface area contributed by atoms with Crippen LogP contribution < -0.4 is 5.32 Å². The Balaban J connectivity index is 1.26. The van der Waals surface area contributed by atoms with Crippen molar-refractivity contribution in [3.05, 3.63) is 76.4 Å². The number of rotatable bonds is 6. The van der Waals surface area contributed by atoms with E-state index in [1.54, 1.807) is 4.90 Å². The number of alkyl halides is 3. The number of hydrogen-bond donors (Lipinski definition) is 2. The quantitative estimate of drug-likeness (QED) is 0.629. The summed E-state index contributed by atoms with van der Waals surface area (Å²) in [5.41, 5.74) is 2.81. The Morgan fingerprint density at radius 3 is 2.47 bits per heavy atom. The number of nitrogens with one attached hydrogen (secondary N) is 1. The van der Waals surface area contributed by atoms with Crippen molar-refractivity contribution in [3.8, 4) is 0 Å². The number of carboxylic acids is 1. The van der Waals surface area contributed by atoms with E-state index in [0.29, 0.717) is 31.5 Å². The van der Waals surface area contributed by atoms with Gasteiger partial charge in [0.15, 0.2) is 0 Å². The molecule has 0 bridgehead atoms. The second-order valence-corrected chi connectivity index (χ2v) is 8.55. The lowest BCUT2D eigenvalue weighted by Crippen LogP contribution is -2.42. The lowest BCUT2D eigenvalue weighted by molar-refractivity contribution is -0.139. The van der Waals surface area contributed by atoms with Crippen molar-refractivity contribution < 1.29 is 32.7 Å². The lowest BCUT2D eigenvalue weighted by Gasteiger charge is -2.29. The molecule has 0 saturated heterocycles. The zero-order chi connectivity index (χ0) is 24.5. The summed E-state index contributed by atoms with van der Waals surface area (Å²) < 4.78 is 37.8. The Labute approximate surface area is 194 Å². The van der Waals surface area contributed by atoms with Gasteiger partial charge in [0.25, 0.3) is 0 Å². The monoisotopic (exact) mass is 472 g/mol. The van der Waals surface area contributed by atoms with E-state index in [-0.39, 0.29) is 24.3 Å². The number of fused-ring (bicyclic) bond motifs is 1. The van der Waals surface area contributed by atoms with Crippen LogP contribution >= 0.6 is 0 Å². The molecular weight excluding hydrogens is 449 g/mol. The van der Waals surface area contributed by atoms with Crippen LogP contribution in [0.4, 0.5) is 13.2 Å². The van der Waals surface area contributed by atoms with Crippen molar-refractivity contribution in [1.29, 1.82) is 0 Å². The van der Waals surface area contributed by atoms with E-state index in [1.165, 1.54) is 24.3 Å². The van der Waals surface area contributed by atoms with Gasteiger partial charge in [0.2, 0.25) is 11.8 Å². The van der Waals surface area contributed by atoms with E-state index in [4.69, 9.17) is 5.11 Å². The molecule has 2 aromatic carbocycles. The average molecular weight is 472 g/mol. The predicted octanol–water partition coefficient (Wildman–Crippen LogP) is 3.61. The molecule has 2 unspecified atom stereocenters. The Bertz CT molecular complexity index is 1140. The molecule has 4 rings (SSSR count). The number of carbonyl (C=O) groups excluding carboxylic acids is 2. The minimum atomic E-state index is -4.42. The summed E-state index contributed by atoms with van der Waals surface area (Å²) in [5.74, 6) is -1.77. The molecule has 1 aliphatic heterocycles. The Morgan fingerprint density at radius 2 is 1.82 bits per heavy atom. The van der Waals surface area contributed by atoms with Crippen molar-refractivity contribution in [3.63, 3.8) is 0 Å². The third-order valence-corrected chi connectivity index (χ3v) is 6.21. The SMILES string of the molecule is O=C(/C=C/c1ccc(C(F)(F)F)cc1)NCC(=O)N1CCc2cc(C3CC3C(=O)O)ccc2C1. The van der Waals surface area contributed by atoms with Gasteiger partial charge in [-0.15, -0.1) is 0 Å². The van der Waals surface area contributed by atoms with Crippen LogP contribution in [0.2, 0.25) is 0 Å². The highest BCUT2D eigenvalue weighted by Crippen LogP contribution is 2.48. The first kappa shape index (κ1) is 23.5. The first-order valence-corrected chi connectivity index (χ1v) is 10.9. The van der Waals surface area contributed by atoms with Crippen LogP contribution in [-0.2, 0) is 33.5 Å². The molecule has 0 spiro atoms. The molecule has 178 valence electrons. The van der Waals surface area contributed by atoms with Gasteiger partial charge >= 0.3 is 12.1 Å². The first-order valence-electron chi connectivity index (χ1n) is 10.9. The minimum absolute atomic E-state index is 0.0632. The molecule has 1 saturated carbocycles. The van der Waals surface area contributed by atoms with Gasteiger partial charge in [0.05, 0.1) is 18.0 Å². The molecule has 34 heavy (non-hydrogen) atoms. The molecule has 1 aliphatic carbocycles. The van der Waals surface area contributed by atoms with Crippen LogP contribution in [0.25, 0.3) is 6.08 Å². The number of benzene rings is 2. The maximum absolute atomic E-state index is 12.6. The lowest BCUT2D eigenvalue weighted by atomic mass is 9.95. The van der Waals surface area contributed by atoms with Crippen LogP contribution in [0.15, 0.2) is 48.5 Å². The van der Waals surface area contributed by atoms with E-state index >= 15 is 0 Å². The number of halogens is 3. The maximum Gasteiger partial charge on any atom is 0.416 e. The predicted molar refractivity (Wildman–Crippen MR) is 118 cm³/mol. The summed E-state index contributed by atoms with van der Waals surface area (Å²) in [6, 6.07) is 10.3. The standard InChI is InChI=1S/C25H23F3N2O4/c26-25(27,28)19-6-1-15(2-7-19)3-8-22(31)29-13-23(32)30-10-9-16-11-17(4-5-18(16)14-30)20-12-21(20)24(33)34/h1-8,11,20-21H,9-10,12-14H2,(H,29,31)(H,33,34)/b8-3+. The normalized spacial score (nSPS) is 19.6. The molecule has 1 heterocycles. The van der Waals surface area contributed by atoms with Crippen molar-refractivity contribution >= 4 is 23.9 Å². The molecule has 1 fully saturated rings. The second kappa shape index (κ2) is 9.32. The van der Waals surface area contributed by atoms with Crippen LogP contribution in [0.1, 0.15) is 40.2 Å². The molecule has 9 heteroatoms. The van der Waals surface area contributed by atoms with Gasteiger partial charge in [-0.2, -0.15) is 13.2 Å². The fourth-order valence-electron chi connectivity index (χ4n) is 4.14. The number of aliphatic carboxylic acids is 1. The van der Waals surface area contributed by atoms with Crippen molar-refractivity contribution in [2.24, 2.45) is 5.92 Å². The molecule has 2 aromatic rings. The highest BCUT2D eigenvalue weighted by atomic mass is 19.4. The fourth-order valence-corrected chi connectivity index (χ4v) is 4.14. The van der Waals surface area contributed by atoms with E-state index < -0.39 is 23.6 Å². The summed E-state index contributed by atoms with van der Waals surface area (Å²) in [5, 5.41) is 11.6. The van der Waals surface area contributed by atoms with Gasteiger partial charge in [-0.3, -0.25) is 14.4 Å². The Morgan fingerprint density at radius 1 is 1.09 bits per heavy atom. The van der Waals surface area contributed by atoms with E-state index in [9.17, 15) is 27.6 Å². The number of carbonyl (C=O) groups is 3. The highest BCUT2D eigenvalue weighted by Gasteiger charge is 2.44. The van der Waals surface area contributed by atoms with Gasteiger partial charge < -0.3 is 15.3 Å². The number of hydrogen-bond acceptors (Lipinski definition) is 3. The Kier molecular flexibility index (Phi) is 6.45. The largest absolute Gasteiger partial charge is 0.481 e. The molecule has 2 aliphatic rings. The van der Waals surface area contributed by atoms with Crippen LogP contribution in [0.5, 0.6) is 0 Å². The van der Waals surface area contributed by atoms with Crippen LogP contribution in [0, 0.1) is 5.92 Å². The third-order valence-electron chi connectivity index (χ3n) is 6.21. The van der Waals surface area contributed by atoms with Crippen molar-refractivity contribution in [2.75, 3.05) is 13.1 Å². The van der Waals surface area contributed by atoms with Gasteiger partial charge in [0, 0.05) is 19.2 Å². The summed E-state index contributed by atoms with van der Waals surface area (Å²) >= 11 is 0. The average Bonchev–Trinajstić information content (AvgIpc) is 3.61. The summed E-state index contributed by atoms with van der Waals surface area (Å²) in [6.45, 7) is 0.726. The van der Waals surface area contributed by atoms with E-state index in [2.05, 4.69) is 5.32 Å². The van der Waals surface area contributed by atoms with Crippen molar-refractivity contribution in [2.45, 2.75) is 31.5 Å². The van der Waals surface area contributed by atoms with E-state index in [1.807, 2.05) is 18.2 Å². The maximum atomic E-state index is 12.6. The smallest absolute Gasteiger partial charge is 0.416 e. The third kappa shape index (κ3) is 5.47. The molecular formula is C25H23F3N2O4. The molecule has 0 radical (unpaired) electrons. The van der Waals surface area contributed by atoms with Crippen molar-refractivity contribution in [1.82, 2.24) is 10.2 Å². The van der Waals surface area contributed by atoms with Gasteiger partial charge in [0.1, 0.15) is 0 Å². The second-order valence-electron chi connectivity index (χ2n) is 8.55. The summed E-state index contributed by atoms with van der Waals surface area (Å²) in [6.07, 6.45) is -0.556. The first-order chi connectivity index (χ1) is 16.1. The number of nitrogens with zero attached hydrogens (tertiary/aromatic N) is 1. The summed E-state index contributed by atoms with van der Waals surface area (Å²) in [4.78, 5) is 37.3. The zero-order valence-electron chi connectivity index (χ0n) is 18.1. The van der Waals surface area contributed by atoms with E-state index in [0.717, 1.165) is 28.8 Å². The van der Waals surface area contributed by atoms with Crippen LogP contribution in [0.3, 0.4) is 0 Å². The molecule has 2 atom stereocenters. The van der Waals surface area contributed by atoms with Gasteiger partial charge in [-0.1, -0.05) is 30.3 Å².